The summed E-state index contributed by atoms with van der Waals surface area (Å²) >= 11 is 0. The number of hydrogen-bond acceptors (Lipinski definition) is 4. The summed E-state index contributed by atoms with van der Waals surface area (Å²) in [4.78, 5) is 14.1. The number of carbonyl (C=O) groups is 1. The van der Waals surface area contributed by atoms with E-state index in [1.54, 1.807) is 7.11 Å². The van der Waals surface area contributed by atoms with Crippen LogP contribution in [0.15, 0.2) is 42.5 Å². The van der Waals surface area contributed by atoms with Crippen LogP contribution < -0.4 is 14.8 Å². The van der Waals surface area contributed by atoms with Crippen molar-refractivity contribution in [3.05, 3.63) is 53.7 Å². The number of nitrogens with one attached hydrogen (secondary N) is 1. The molecule has 0 unspecified atom stereocenters. The first kappa shape index (κ1) is 19.9. The fourth-order valence-electron chi connectivity index (χ4n) is 4.69. The van der Waals surface area contributed by atoms with E-state index in [2.05, 4.69) is 39.0 Å². The van der Waals surface area contributed by atoms with Crippen molar-refractivity contribution in [1.29, 1.82) is 0 Å². The predicted octanol–water partition coefficient (Wildman–Crippen LogP) is 4.21. The van der Waals surface area contributed by atoms with E-state index < -0.39 is 0 Å². The molecule has 5 rings (SSSR count). The first-order chi connectivity index (χ1) is 15.2. The Bertz CT molecular complexity index is 1100. The number of amides is 1. The van der Waals surface area contributed by atoms with Crippen LogP contribution in [0.25, 0.3) is 10.9 Å². The van der Waals surface area contributed by atoms with Crippen LogP contribution in [0.3, 0.4) is 0 Å². The van der Waals surface area contributed by atoms with Gasteiger partial charge in [-0.3, -0.25) is 9.69 Å². The Morgan fingerprint density at radius 3 is 2.90 bits per heavy atom. The third-order valence-electron chi connectivity index (χ3n) is 6.35. The van der Waals surface area contributed by atoms with Gasteiger partial charge >= 0.3 is 0 Å². The zero-order valence-corrected chi connectivity index (χ0v) is 18.0. The summed E-state index contributed by atoms with van der Waals surface area (Å²) in [5, 5.41) is 4.14. The largest absolute Gasteiger partial charge is 0.496 e. The Hall–Kier alpha value is -2.99. The third kappa shape index (κ3) is 4.12. The number of anilines is 1. The lowest BCUT2D eigenvalue weighted by atomic mass is 10.0. The van der Waals surface area contributed by atoms with Crippen LogP contribution in [0.5, 0.6) is 11.5 Å². The van der Waals surface area contributed by atoms with Gasteiger partial charge in [0.2, 0.25) is 5.91 Å². The lowest BCUT2D eigenvalue weighted by molar-refractivity contribution is -0.116. The average Bonchev–Trinajstić information content (AvgIpc) is 3.16. The van der Waals surface area contributed by atoms with Crippen LogP contribution in [0.4, 0.5) is 5.69 Å². The van der Waals surface area contributed by atoms with Gasteiger partial charge in [-0.05, 0) is 55.6 Å². The third-order valence-corrected chi connectivity index (χ3v) is 6.35. The van der Waals surface area contributed by atoms with Crippen molar-refractivity contribution in [2.24, 2.45) is 0 Å². The Morgan fingerprint density at radius 1 is 1.06 bits per heavy atom. The second-order valence-corrected chi connectivity index (χ2v) is 8.38. The van der Waals surface area contributed by atoms with Gasteiger partial charge in [-0.25, -0.2) is 0 Å². The molecule has 6 heteroatoms. The van der Waals surface area contributed by atoms with E-state index in [4.69, 9.17) is 9.47 Å². The molecule has 0 aliphatic carbocycles. The van der Waals surface area contributed by atoms with Crippen molar-refractivity contribution in [2.45, 2.75) is 38.8 Å². The number of aromatic nitrogens is 1. The first-order valence-electron chi connectivity index (χ1n) is 11.1. The quantitative estimate of drug-likeness (QED) is 0.583. The van der Waals surface area contributed by atoms with Gasteiger partial charge in [-0.15, -0.1) is 0 Å². The lowest BCUT2D eigenvalue weighted by Gasteiger charge is -2.28. The standard InChI is InChI=1S/C25H29N3O3/c1-30-24-6-4-5-23-21(24)15-19-17-27(12-13-28(19)23)11-2-3-14-31-20-9-7-18-8-10-25(29)26-22(18)16-20/h4-7,9,15-16H,2-3,8,10-14,17H2,1H3,(H,26,29). The number of aryl methyl sites for hydroxylation is 1. The zero-order chi connectivity index (χ0) is 21.2. The molecular formula is C25H29N3O3. The summed E-state index contributed by atoms with van der Waals surface area (Å²) in [5.41, 5.74) is 4.71. The minimum absolute atomic E-state index is 0.0867. The zero-order valence-electron chi connectivity index (χ0n) is 18.0. The van der Waals surface area contributed by atoms with Crippen molar-refractivity contribution in [3.8, 4) is 11.5 Å². The van der Waals surface area contributed by atoms with Crippen molar-refractivity contribution in [3.63, 3.8) is 0 Å². The summed E-state index contributed by atoms with van der Waals surface area (Å²) in [6, 6.07) is 14.6. The normalized spacial score (nSPS) is 16.0. The molecule has 1 amide bonds. The molecule has 2 aromatic carbocycles. The highest BCUT2D eigenvalue weighted by atomic mass is 16.5. The van der Waals surface area contributed by atoms with Crippen molar-refractivity contribution >= 4 is 22.5 Å². The summed E-state index contributed by atoms with van der Waals surface area (Å²) in [7, 11) is 1.74. The molecule has 0 atom stereocenters. The number of fused-ring (bicyclic) bond motifs is 4. The highest BCUT2D eigenvalue weighted by molar-refractivity contribution is 5.94. The summed E-state index contributed by atoms with van der Waals surface area (Å²) in [6.07, 6.45) is 3.49. The highest BCUT2D eigenvalue weighted by Gasteiger charge is 2.19. The van der Waals surface area contributed by atoms with Gasteiger partial charge in [0.1, 0.15) is 11.5 Å². The van der Waals surface area contributed by atoms with E-state index in [9.17, 15) is 4.79 Å². The summed E-state index contributed by atoms with van der Waals surface area (Å²) in [6.45, 7) is 4.83. The molecule has 0 saturated carbocycles. The van der Waals surface area contributed by atoms with E-state index in [-0.39, 0.29) is 5.91 Å². The number of unbranched alkanes of at least 4 members (excludes halogenated alkanes) is 1. The molecule has 3 heterocycles. The van der Waals surface area contributed by atoms with Crippen LogP contribution in [0, 0.1) is 0 Å². The van der Waals surface area contributed by atoms with Crippen molar-refractivity contribution in [2.75, 3.05) is 32.1 Å². The number of methoxy groups -OCH3 is 1. The molecule has 1 N–H and O–H groups in total. The molecule has 0 bridgehead atoms. The van der Waals surface area contributed by atoms with Gasteiger partial charge in [-0.1, -0.05) is 12.1 Å². The molecule has 0 fully saturated rings. The molecule has 0 saturated heterocycles. The molecule has 3 aromatic rings. The molecule has 0 spiro atoms. The molecule has 2 aliphatic heterocycles. The van der Waals surface area contributed by atoms with Gasteiger partial charge < -0.3 is 19.4 Å². The van der Waals surface area contributed by atoms with Crippen LogP contribution in [-0.2, 0) is 24.3 Å². The molecule has 1 aromatic heterocycles. The Kier molecular flexibility index (Phi) is 5.55. The van der Waals surface area contributed by atoms with Crippen LogP contribution >= 0.6 is 0 Å². The van der Waals surface area contributed by atoms with Crippen LogP contribution in [0.1, 0.15) is 30.5 Å². The highest BCUT2D eigenvalue weighted by Crippen LogP contribution is 2.31. The molecule has 31 heavy (non-hydrogen) atoms. The predicted molar refractivity (Wildman–Crippen MR) is 122 cm³/mol. The maximum atomic E-state index is 11.6. The number of carbonyl (C=O) groups excluding carboxylic acids is 1. The van der Waals surface area contributed by atoms with E-state index in [1.807, 2.05) is 18.2 Å². The fourth-order valence-corrected chi connectivity index (χ4v) is 4.69. The Balaban J connectivity index is 1.11. The van der Waals surface area contributed by atoms with E-state index in [0.717, 1.165) is 62.6 Å². The Labute approximate surface area is 182 Å². The number of benzene rings is 2. The van der Waals surface area contributed by atoms with Gasteiger partial charge in [0, 0.05) is 48.9 Å². The maximum absolute atomic E-state index is 11.6. The number of hydrogen-bond donors (Lipinski definition) is 1. The monoisotopic (exact) mass is 419 g/mol. The first-order valence-corrected chi connectivity index (χ1v) is 11.1. The van der Waals surface area contributed by atoms with Gasteiger partial charge in [0.25, 0.3) is 0 Å². The lowest BCUT2D eigenvalue weighted by Crippen LogP contribution is -2.34. The van der Waals surface area contributed by atoms with Crippen LogP contribution in [0.2, 0.25) is 0 Å². The van der Waals surface area contributed by atoms with Gasteiger partial charge in [0.05, 0.1) is 19.2 Å². The van der Waals surface area contributed by atoms with Crippen molar-refractivity contribution < 1.29 is 14.3 Å². The van der Waals surface area contributed by atoms with Crippen molar-refractivity contribution in [1.82, 2.24) is 9.47 Å². The van der Waals surface area contributed by atoms with E-state index in [0.29, 0.717) is 13.0 Å². The minimum Gasteiger partial charge on any atom is -0.496 e. The van der Waals surface area contributed by atoms with E-state index >= 15 is 0 Å². The topological polar surface area (TPSA) is 55.7 Å². The van der Waals surface area contributed by atoms with Gasteiger partial charge in [-0.2, -0.15) is 0 Å². The van der Waals surface area contributed by atoms with E-state index in [1.165, 1.54) is 22.2 Å². The summed E-state index contributed by atoms with van der Waals surface area (Å²) in [5.74, 6) is 1.87. The fraction of sp³-hybridized carbons (Fsp3) is 0.400. The van der Waals surface area contributed by atoms with Crippen LogP contribution in [-0.4, -0.2) is 42.2 Å². The number of rotatable bonds is 7. The number of ether oxygens (including phenoxy) is 2. The SMILES string of the molecule is COc1cccc2c1cc1n2CCN(CCCCOc2ccc3c(c2)NC(=O)CC3)C1. The molecule has 162 valence electrons. The Morgan fingerprint density at radius 2 is 2.00 bits per heavy atom. The molecular weight excluding hydrogens is 390 g/mol. The molecule has 6 nitrogen and oxygen atoms in total. The smallest absolute Gasteiger partial charge is 0.224 e. The second kappa shape index (κ2) is 8.63. The number of nitrogens with zero attached hydrogens (tertiary/aromatic N) is 2. The maximum Gasteiger partial charge on any atom is 0.224 e. The minimum atomic E-state index is 0.0867. The molecule has 0 radical (unpaired) electrons. The van der Waals surface area contributed by atoms with Gasteiger partial charge in [0.15, 0.2) is 0 Å². The average molecular weight is 420 g/mol. The second-order valence-electron chi connectivity index (χ2n) is 8.38. The molecule has 2 aliphatic rings. The summed E-state index contributed by atoms with van der Waals surface area (Å²) < 4.78 is 13.9.